The molecule has 2 heterocycles. The van der Waals surface area contributed by atoms with Crippen LogP contribution in [0.3, 0.4) is 0 Å². The van der Waals surface area contributed by atoms with Crippen molar-refractivity contribution in [3.63, 3.8) is 0 Å². The second-order valence-electron chi connectivity index (χ2n) is 7.65. The van der Waals surface area contributed by atoms with E-state index in [-0.39, 0.29) is 5.91 Å². The molecular formula is C19H28ClN3O3+2. The molecule has 1 saturated carbocycles. The fourth-order valence-electron chi connectivity index (χ4n) is 3.72. The molecule has 0 bridgehead atoms. The van der Waals surface area contributed by atoms with Crippen molar-refractivity contribution in [3.05, 3.63) is 22.7 Å². The Labute approximate surface area is 159 Å². The van der Waals surface area contributed by atoms with E-state index in [0.717, 1.165) is 57.7 Å². The summed E-state index contributed by atoms with van der Waals surface area (Å²) in [7, 11) is 0. The molecular weight excluding hydrogens is 354 g/mol. The maximum absolute atomic E-state index is 12.0. The van der Waals surface area contributed by atoms with Crippen LogP contribution in [0.4, 0.5) is 0 Å². The molecule has 142 valence electrons. The van der Waals surface area contributed by atoms with Crippen LogP contribution in [0.25, 0.3) is 0 Å². The van der Waals surface area contributed by atoms with Gasteiger partial charge in [-0.2, -0.15) is 0 Å². The Kier molecular flexibility index (Phi) is 5.52. The predicted molar refractivity (Wildman–Crippen MR) is 98.2 cm³/mol. The third-order valence-corrected chi connectivity index (χ3v) is 5.61. The minimum atomic E-state index is 0.209. The van der Waals surface area contributed by atoms with E-state index >= 15 is 0 Å². The average Bonchev–Trinajstić information content (AvgIpc) is 3.43. The molecule has 0 atom stereocenters. The highest BCUT2D eigenvalue weighted by atomic mass is 35.5. The van der Waals surface area contributed by atoms with Crippen molar-refractivity contribution in [1.82, 2.24) is 5.32 Å². The molecule has 1 aromatic carbocycles. The summed E-state index contributed by atoms with van der Waals surface area (Å²) in [5.74, 6) is 1.66. The van der Waals surface area contributed by atoms with Gasteiger partial charge in [0.25, 0.3) is 5.91 Å². The lowest BCUT2D eigenvalue weighted by atomic mass is 10.1. The van der Waals surface area contributed by atoms with Crippen molar-refractivity contribution < 1.29 is 24.1 Å². The number of hydrogen-bond donors (Lipinski definition) is 3. The van der Waals surface area contributed by atoms with Crippen molar-refractivity contribution in [2.75, 3.05) is 45.9 Å². The predicted octanol–water partition coefficient (Wildman–Crippen LogP) is -0.937. The molecule has 3 aliphatic rings. The molecule has 1 aromatic rings. The van der Waals surface area contributed by atoms with Crippen molar-refractivity contribution in [1.29, 1.82) is 0 Å². The first-order chi connectivity index (χ1) is 12.7. The molecule has 1 saturated heterocycles. The second-order valence-corrected chi connectivity index (χ2v) is 8.06. The zero-order valence-corrected chi connectivity index (χ0v) is 15.9. The molecule has 3 N–H and O–H groups in total. The van der Waals surface area contributed by atoms with E-state index < -0.39 is 0 Å². The number of carbonyl (C=O) groups is 1. The van der Waals surface area contributed by atoms with Gasteiger partial charge in [0, 0.05) is 18.0 Å². The quantitative estimate of drug-likeness (QED) is 0.617. The van der Waals surface area contributed by atoms with Gasteiger partial charge in [0.1, 0.15) is 32.7 Å². The van der Waals surface area contributed by atoms with Gasteiger partial charge in [-0.1, -0.05) is 11.6 Å². The summed E-state index contributed by atoms with van der Waals surface area (Å²) in [6.07, 6.45) is 3.18. The maximum Gasteiger partial charge on any atom is 0.275 e. The Hall–Kier alpha value is -1.50. The van der Waals surface area contributed by atoms with Crippen molar-refractivity contribution in [3.8, 4) is 11.5 Å². The van der Waals surface area contributed by atoms with Crippen molar-refractivity contribution in [2.24, 2.45) is 0 Å². The van der Waals surface area contributed by atoms with Crippen molar-refractivity contribution >= 4 is 17.5 Å². The van der Waals surface area contributed by atoms with Gasteiger partial charge in [0.05, 0.1) is 18.2 Å². The van der Waals surface area contributed by atoms with Crippen LogP contribution in [0.1, 0.15) is 24.8 Å². The average molecular weight is 382 g/mol. The standard InChI is InChI=1S/C19H26ClN3O3/c20-16-10-14(11-17-19(16)26-9-1-8-25-17)12-22-4-6-23(7-5-22)13-18(24)21-15-2-3-15/h10-11,15H,1-9,12-13H2,(H,21,24)/p+2. The number of carbonyl (C=O) groups excluding carboxylic acids is 1. The highest BCUT2D eigenvalue weighted by molar-refractivity contribution is 6.32. The van der Waals surface area contributed by atoms with Crippen LogP contribution in [0.2, 0.25) is 5.02 Å². The third kappa shape index (κ3) is 4.61. The van der Waals surface area contributed by atoms with Crippen LogP contribution in [0, 0.1) is 0 Å². The maximum atomic E-state index is 12.0. The van der Waals surface area contributed by atoms with E-state index in [0.29, 0.717) is 36.6 Å². The monoisotopic (exact) mass is 381 g/mol. The number of halogens is 1. The molecule has 7 heteroatoms. The Morgan fingerprint density at radius 3 is 2.62 bits per heavy atom. The number of fused-ring (bicyclic) bond motifs is 1. The van der Waals surface area contributed by atoms with Gasteiger partial charge < -0.3 is 24.6 Å². The summed E-state index contributed by atoms with van der Waals surface area (Å²) in [6, 6.07) is 4.53. The number of nitrogens with one attached hydrogen (secondary N) is 3. The molecule has 4 rings (SSSR count). The molecule has 0 spiro atoms. The van der Waals surface area contributed by atoms with E-state index in [1.807, 2.05) is 6.07 Å². The van der Waals surface area contributed by atoms with E-state index in [1.165, 1.54) is 15.4 Å². The van der Waals surface area contributed by atoms with E-state index in [2.05, 4.69) is 11.4 Å². The SMILES string of the molecule is O=C(C[NH+]1CC[NH+](Cc2cc(Cl)c3c(c2)OCCCO3)CC1)NC1CC1. The lowest BCUT2D eigenvalue weighted by Gasteiger charge is -2.29. The van der Waals surface area contributed by atoms with Crippen LogP contribution in [0.15, 0.2) is 12.1 Å². The minimum absolute atomic E-state index is 0.209. The molecule has 0 radical (unpaired) electrons. The van der Waals surface area contributed by atoms with Crippen LogP contribution in [0.5, 0.6) is 11.5 Å². The summed E-state index contributed by atoms with van der Waals surface area (Å²) < 4.78 is 11.5. The fraction of sp³-hybridized carbons (Fsp3) is 0.632. The molecule has 1 amide bonds. The highest BCUT2D eigenvalue weighted by Crippen LogP contribution is 2.37. The summed E-state index contributed by atoms with van der Waals surface area (Å²) in [6.45, 7) is 7.06. The normalized spacial score (nSPS) is 25.4. The number of amides is 1. The lowest BCUT2D eigenvalue weighted by molar-refractivity contribution is -1.02. The zero-order valence-electron chi connectivity index (χ0n) is 15.1. The Balaban J connectivity index is 1.29. The van der Waals surface area contributed by atoms with Gasteiger partial charge in [-0.15, -0.1) is 0 Å². The first-order valence-corrected chi connectivity index (χ1v) is 10.1. The number of piperazine rings is 1. The first kappa shape index (κ1) is 17.9. The number of rotatable bonds is 5. The minimum Gasteiger partial charge on any atom is -0.489 e. The second kappa shape index (κ2) is 8.03. The van der Waals surface area contributed by atoms with Gasteiger partial charge in [-0.3, -0.25) is 4.79 Å². The van der Waals surface area contributed by atoms with Gasteiger partial charge in [-0.05, 0) is 25.0 Å². The summed E-state index contributed by atoms with van der Waals surface area (Å²) >= 11 is 6.40. The van der Waals surface area contributed by atoms with E-state index in [9.17, 15) is 4.79 Å². The number of hydrogen-bond acceptors (Lipinski definition) is 3. The highest BCUT2D eigenvalue weighted by Gasteiger charge is 2.28. The molecule has 1 aliphatic carbocycles. The van der Waals surface area contributed by atoms with Crippen LogP contribution in [-0.2, 0) is 11.3 Å². The van der Waals surface area contributed by atoms with Gasteiger partial charge in [-0.25, -0.2) is 0 Å². The largest absolute Gasteiger partial charge is 0.489 e. The summed E-state index contributed by atoms with van der Waals surface area (Å²) in [5.41, 5.74) is 1.18. The molecule has 2 fully saturated rings. The molecule has 2 aliphatic heterocycles. The number of ether oxygens (including phenoxy) is 2. The first-order valence-electron chi connectivity index (χ1n) is 9.72. The Morgan fingerprint density at radius 1 is 1.12 bits per heavy atom. The van der Waals surface area contributed by atoms with Gasteiger partial charge in [0.2, 0.25) is 0 Å². The summed E-state index contributed by atoms with van der Waals surface area (Å²) in [4.78, 5) is 14.9. The van der Waals surface area contributed by atoms with Gasteiger partial charge >= 0.3 is 0 Å². The Bertz CT molecular complexity index is 658. The van der Waals surface area contributed by atoms with E-state index in [4.69, 9.17) is 21.1 Å². The molecule has 6 nitrogen and oxygen atoms in total. The molecule has 0 unspecified atom stereocenters. The van der Waals surface area contributed by atoms with Crippen molar-refractivity contribution in [2.45, 2.75) is 31.8 Å². The Morgan fingerprint density at radius 2 is 1.85 bits per heavy atom. The van der Waals surface area contributed by atoms with Crippen LogP contribution in [-0.4, -0.2) is 57.9 Å². The number of benzene rings is 1. The van der Waals surface area contributed by atoms with Gasteiger partial charge in [0.15, 0.2) is 18.0 Å². The molecule has 0 aromatic heterocycles. The topological polar surface area (TPSA) is 56.4 Å². The number of quaternary nitrogens is 2. The fourth-order valence-corrected chi connectivity index (χ4v) is 4.01. The zero-order chi connectivity index (χ0) is 17.9. The van der Waals surface area contributed by atoms with Crippen LogP contribution < -0.4 is 24.6 Å². The third-order valence-electron chi connectivity index (χ3n) is 5.33. The van der Waals surface area contributed by atoms with Crippen LogP contribution >= 0.6 is 11.6 Å². The lowest BCUT2D eigenvalue weighted by Crippen LogP contribution is -3.28. The smallest absolute Gasteiger partial charge is 0.275 e. The molecule has 26 heavy (non-hydrogen) atoms. The van der Waals surface area contributed by atoms with E-state index in [1.54, 1.807) is 0 Å². The summed E-state index contributed by atoms with van der Waals surface area (Å²) in [5, 5.41) is 3.72.